The highest BCUT2D eigenvalue weighted by Gasteiger charge is 2.12. The van der Waals surface area contributed by atoms with E-state index in [2.05, 4.69) is 24.1 Å². The average Bonchev–Trinajstić information content (AvgIpc) is 2.93. The summed E-state index contributed by atoms with van der Waals surface area (Å²) in [7, 11) is 0. The fourth-order valence-corrected chi connectivity index (χ4v) is 2.63. The molecule has 0 spiro atoms. The maximum Gasteiger partial charge on any atom is 0.227 e. The number of hydrogen-bond donors (Lipinski definition) is 1. The number of aromatic nitrogens is 1. The lowest BCUT2D eigenvalue weighted by Gasteiger charge is -2.09. The third kappa shape index (κ3) is 3.18. The molecule has 24 heavy (non-hydrogen) atoms. The molecule has 0 unspecified atom stereocenters. The summed E-state index contributed by atoms with van der Waals surface area (Å²) in [5.74, 6) is 0.600. The van der Waals surface area contributed by atoms with Crippen LogP contribution in [0.1, 0.15) is 36.5 Å². The lowest BCUT2D eigenvalue weighted by Crippen LogP contribution is -2.11. The zero-order chi connectivity index (χ0) is 17.3. The molecular weight excluding hydrogens is 300 g/mol. The Labute approximate surface area is 141 Å². The SMILES string of the molecule is CCCC(=O)Nc1cc(-c2nc3cc(C)c(C)cc3o2)ccc1C. The lowest BCUT2D eigenvalue weighted by atomic mass is 10.1. The summed E-state index contributed by atoms with van der Waals surface area (Å²) < 4.78 is 5.91. The zero-order valence-electron chi connectivity index (χ0n) is 14.6. The predicted octanol–water partition coefficient (Wildman–Crippen LogP) is 5.16. The van der Waals surface area contributed by atoms with Gasteiger partial charge < -0.3 is 9.73 Å². The molecule has 0 saturated heterocycles. The second-order valence-electron chi connectivity index (χ2n) is 6.25. The number of aryl methyl sites for hydroxylation is 3. The summed E-state index contributed by atoms with van der Waals surface area (Å²) in [5.41, 5.74) is 6.70. The number of hydrogen-bond acceptors (Lipinski definition) is 3. The quantitative estimate of drug-likeness (QED) is 0.722. The van der Waals surface area contributed by atoms with Gasteiger partial charge in [0.15, 0.2) is 5.58 Å². The molecule has 0 atom stereocenters. The molecule has 4 nitrogen and oxygen atoms in total. The number of nitrogens with zero attached hydrogens (tertiary/aromatic N) is 1. The van der Waals surface area contributed by atoms with Crippen molar-refractivity contribution in [2.45, 2.75) is 40.5 Å². The molecule has 3 aromatic rings. The largest absolute Gasteiger partial charge is 0.436 e. The highest BCUT2D eigenvalue weighted by atomic mass is 16.3. The fraction of sp³-hybridized carbons (Fsp3) is 0.300. The molecule has 1 amide bonds. The molecule has 2 aromatic carbocycles. The minimum absolute atomic E-state index is 0.0292. The number of carbonyl (C=O) groups excluding carboxylic acids is 1. The molecule has 124 valence electrons. The molecule has 0 fully saturated rings. The number of nitrogens with one attached hydrogen (secondary N) is 1. The van der Waals surface area contributed by atoms with Crippen molar-refractivity contribution in [2.75, 3.05) is 5.32 Å². The van der Waals surface area contributed by atoms with Crippen LogP contribution >= 0.6 is 0 Å². The number of fused-ring (bicyclic) bond motifs is 1. The van der Waals surface area contributed by atoms with Crippen molar-refractivity contribution in [3.8, 4) is 11.5 Å². The van der Waals surface area contributed by atoms with Crippen LogP contribution in [-0.4, -0.2) is 10.9 Å². The first-order valence-corrected chi connectivity index (χ1v) is 8.26. The van der Waals surface area contributed by atoms with Gasteiger partial charge in [0.05, 0.1) is 0 Å². The van der Waals surface area contributed by atoms with E-state index in [0.29, 0.717) is 12.3 Å². The van der Waals surface area contributed by atoms with Crippen molar-refractivity contribution in [3.05, 3.63) is 47.0 Å². The van der Waals surface area contributed by atoms with Crippen LogP contribution in [0.15, 0.2) is 34.7 Å². The summed E-state index contributed by atoms with van der Waals surface area (Å²) in [6.45, 7) is 8.09. The van der Waals surface area contributed by atoms with Crippen LogP contribution in [0.25, 0.3) is 22.6 Å². The average molecular weight is 322 g/mol. The van der Waals surface area contributed by atoms with Gasteiger partial charge in [0, 0.05) is 17.7 Å². The molecule has 3 rings (SSSR count). The minimum Gasteiger partial charge on any atom is -0.436 e. The van der Waals surface area contributed by atoms with Gasteiger partial charge in [-0.15, -0.1) is 0 Å². The van der Waals surface area contributed by atoms with Gasteiger partial charge in [0.2, 0.25) is 11.8 Å². The van der Waals surface area contributed by atoms with Crippen LogP contribution < -0.4 is 5.32 Å². The summed E-state index contributed by atoms with van der Waals surface area (Å²) in [4.78, 5) is 16.5. The van der Waals surface area contributed by atoms with E-state index in [1.165, 1.54) is 11.1 Å². The number of amides is 1. The first kappa shape index (κ1) is 16.2. The molecule has 1 heterocycles. The maximum absolute atomic E-state index is 11.9. The highest BCUT2D eigenvalue weighted by molar-refractivity contribution is 5.92. The molecule has 4 heteroatoms. The van der Waals surface area contributed by atoms with Gasteiger partial charge in [-0.25, -0.2) is 4.98 Å². The molecule has 0 aliphatic carbocycles. The van der Waals surface area contributed by atoms with Gasteiger partial charge in [0.1, 0.15) is 5.52 Å². The molecule has 0 bridgehead atoms. The van der Waals surface area contributed by atoms with Crippen LogP contribution in [0.5, 0.6) is 0 Å². The molecule has 0 radical (unpaired) electrons. The number of carbonyl (C=O) groups is 1. The fourth-order valence-electron chi connectivity index (χ4n) is 2.63. The summed E-state index contributed by atoms with van der Waals surface area (Å²) in [6.07, 6.45) is 1.35. The van der Waals surface area contributed by atoms with Crippen LogP contribution in [0.3, 0.4) is 0 Å². The molecular formula is C20H22N2O2. The van der Waals surface area contributed by atoms with Gasteiger partial charge in [-0.3, -0.25) is 4.79 Å². The first-order chi connectivity index (χ1) is 11.5. The van der Waals surface area contributed by atoms with Gasteiger partial charge in [-0.05, 0) is 68.1 Å². The van der Waals surface area contributed by atoms with Crippen LogP contribution in [-0.2, 0) is 4.79 Å². The van der Waals surface area contributed by atoms with Crippen molar-refractivity contribution >= 4 is 22.7 Å². The second kappa shape index (κ2) is 6.48. The Balaban J connectivity index is 1.98. The third-order valence-electron chi connectivity index (χ3n) is 4.24. The van der Waals surface area contributed by atoms with Gasteiger partial charge in [-0.1, -0.05) is 13.0 Å². The van der Waals surface area contributed by atoms with E-state index in [0.717, 1.165) is 34.3 Å². The maximum atomic E-state index is 11.9. The molecule has 1 aromatic heterocycles. The van der Waals surface area contributed by atoms with E-state index in [1.807, 2.05) is 44.2 Å². The zero-order valence-corrected chi connectivity index (χ0v) is 14.6. The van der Waals surface area contributed by atoms with Crippen molar-refractivity contribution in [2.24, 2.45) is 0 Å². The standard InChI is InChI=1S/C20H22N2O2/c1-5-6-19(23)21-16-11-15(8-7-12(16)2)20-22-17-9-13(3)14(4)10-18(17)24-20/h7-11H,5-6H2,1-4H3,(H,21,23). The normalized spacial score (nSPS) is 11.0. The topological polar surface area (TPSA) is 55.1 Å². The first-order valence-electron chi connectivity index (χ1n) is 8.26. The molecule has 0 saturated carbocycles. The predicted molar refractivity (Wildman–Crippen MR) is 97.2 cm³/mol. The van der Waals surface area contributed by atoms with Gasteiger partial charge in [0.25, 0.3) is 0 Å². The highest BCUT2D eigenvalue weighted by Crippen LogP contribution is 2.29. The number of anilines is 1. The molecule has 0 aliphatic heterocycles. The van der Waals surface area contributed by atoms with Crippen molar-refractivity contribution < 1.29 is 9.21 Å². The lowest BCUT2D eigenvalue weighted by molar-refractivity contribution is -0.116. The van der Waals surface area contributed by atoms with Crippen LogP contribution in [0.4, 0.5) is 5.69 Å². The smallest absolute Gasteiger partial charge is 0.227 e. The second-order valence-corrected chi connectivity index (χ2v) is 6.25. The van der Waals surface area contributed by atoms with Crippen molar-refractivity contribution in [1.82, 2.24) is 4.98 Å². The van der Waals surface area contributed by atoms with Crippen LogP contribution in [0, 0.1) is 20.8 Å². The number of rotatable bonds is 4. The Morgan fingerprint density at radius 2 is 1.83 bits per heavy atom. The number of benzene rings is 2. The van der Waals surface area contributed by atoms with Gasteiger partial charge >= 0.3 is 0 Å². The van der Waals surface area contributed by atoms with Crippen molar-refractivity contribution in [1.29, 1.82) is 0 Å². The van der Waals surface area contributed by atoms with E-state index in [9.17, 15) is 4.79 Å². The van der Waals surface area contributed by atoms with Crippen LogP contribution in [0.2, 0.25) is 0 Å². The Morgan fingerprint density at radius 1 is 1.08 bits per heavy atom. The van der Waals surface area contributed by atoms with E-state index < -0.39 is 0 Å². The van der Waals surface area contributed by atoms with Crippen molar-refractivity contribution in [3.63, 3.8) is 0 Å². The van der Waals surface area contributed by atoms with E-state index >= 15 is 0 Å². The third-order valence-corrected chi connectivity index (χ3v) is 4.24. The minimum atomic E-state index is 0.0292. The Kier molecular flexibility index (Phi) is 4.38. The number of oxazole rings is 1. The Morgan fingerprint density at radius 3 is 2.58 bits per heavy atom. The summed E-state index contributed by atoms with van der Waals surface area (Å²) in [5, 5.41) is 2.96. The molecule has 0 aliphatic rings. The Hall–Kier alpha value is -2.62. The van der Waals surface area contributed by atoms with E-state index in [4.69, 9.17) is 4.42 Å². The van der Waals surface area contributed by atoms with E-state index in [1.54, 1.807) is 0 Å². The monoisotopic (exact) mass is 322 g/mol. The summed E-state index contributed by atoms with van der Waals surface area (Å²) in [6, 6.07) is 9.92. The Bertz CT molecular complexity index is 870. The van der Waals surface area contributed by atoms with Gasteiger partial charge in [-0.2, -0.15) is 0 Å². The molecule has 1 N–H and O–H groups in total. The van der Waals surface area contributed by atoms with E-state index in [-0.39, 0.29) is 5.91 Å². The summed E-state index contributed by atoms with van der Waals surface area (Å²) >= 11 is 0.